The number of aryl methyl sites for hydroxylation is 2. The maximum Gasteiger partial charge on any atom is 0.334 e. The van der Waals surface area contributed by atoms with Crippen LogP contribution in [0.3, 0.4) is 0 Å². The average molecular weight is 292 g/mol. The smallest absolute Gasteiger partial charge is 0.334 e. The fourth-order valence-electron chi connectivity index (χ4n) is 2.26. The molecule has 0 aliphatic heterocycles. The molecule has 2 aromatic heterocycles. The summed E-state index contributed by atoms with van der Waals surface area (Å²) < 4.78 is 3.33. The van der Waals surface area contributed by atoms with Crippen molar-refractivity contribution in [1.82, 2.24) is 19.6 Å². The van der Waals surface area contributed by atoms with E-state index >= 15 is 0 Å². The first-order valence-electron chi connectivity index (χ1n) is 6.83. The molecule has 8 heteroatoms. The second-order valence-electron chi connectivity index (χ2n) is 5.24. The van der Waals surface area contributed by atoms with Crippen LogP contribution in [0.1, 0.15) is 31.2 Å². The topological polar surface area (TPSA) is 90.8 Å². The first kappa shape index (κ1) is 15.0. The Bertz CT molecular complexity index is 643. The minimum Gasteiger partial charge on any atom is -0.364 e. The van der Waals surface area contributed by atoms with Gasteiger partial charge in [-0.15, -0.1) is 0 Å². The minimum atomic E-state index is -0.366. The first-order chi connectivity index (χ1) is 9.91. The summed E-state index contributed by atoms with van der Waals surface area (Å²) in [7, 11) is 3.59. The van der Waals surface area contributed by atoms with Crippen LogP contribution in [-0.2, 0) is 20.5 Å². The second-order valence-corrected chi connectivity index (χ2v) is 5.24. The Morgan fingerprint density at radius 3 is 2.62 bits per heavy atom. The van der Waals surface area contributed by atoms with Crippen LogP contribution in [0.5, 0.6) is 0 Å². The maximum absolute atomic E-state index is 11.3. The molecule has 0 fully saturated rings. The summed E-state index contributed by atoms with van der Waals surface area (Å²) in [6.07, 6.45) is 2.47. The van der Waals surface area contributed by atoms with Gasteiger partial charge in [0.1, 0.15) is 5.69 Å². The van der Waals surface area contributed by atoms with Gasteiger partial charge in [-0.3, -0.25) is 14.8 Å². The Hall–Kier alpha value is -2.38. The van der Waals surface area contributed by atoms with Gasteiger partial charge in [0.25, 0.3) is 0 Å². The quantitative estimate of drug-likeness (QED) is 0.648. The third-order valence-corrected chi connectivity index (χ3v) is 3.37. The molecule has 0 bridgehead atoms. The van der Waals surface area contributed by atoms with Gasteiger partial charge < -0.3 is 5.32 Å². The van der Waals surface area contributed by atoms with E-state index in [1.807, 2.05) is 27.0 Å². The fourth-order valence-corrected chi connectivity index (χ4v) is 2.26. The number of nitrogens with one attached hydrogen (secondary N) is 1. The van der Waals surface area contributed by atoms with E-state index in [-0.39, 0.29) is 16.5 Å². The Morgan fingerprint density at radius 2 is 2.10 bits per heavy atom. The predicted molar refractivity (Wildman–Crippen MR) is 79.4 cm³/mol. The largest absolute Gasteiger partial charge is 0.364 e. The molecule has 2 rings (SSSR count). The lowest BCUT2D eigenvalue weighted by atomic mass is 10.1. The van der Waals surface area contributed by atoms with E-state index in [4.69, 9.17) is 0 Å². The fraction of sp³-hybridized carbons (Fsp3) is 0.538. The molecule has 0 saturated heterocycles. The van der Waals surface area contributed by atoms with E-state index in [1.165, 1.54) is 4.68 Å². The molecule has 2 heterocycles. The SMILES string of the molecule is CC(C)c1nn(C)c(NCCc2ccnn2C)c1[N+](=O)[O-]. The van der Waals surface area contributed by atoms with E-state index in [0.717, 1.165) is 12.1 Å². The van der Waals surface area contributed by atoms with Crippen LogP contribution in [-0.4, -0.2) is 31.0 Å². The van der Waals surface area contributed by atoms with E-state index in [0.29, 0.717) is 18.1 Å². The van der Waals surface area contributed by atoms with Crippen molar-refractivity contribution >= 4 is 11.5 Å². The normalized spacial score (nSPS) is 11.1. The zero-order chi connectivity index (χ0) is 15.6. The maximum atomic E-state index is 11.3. The van der Waals surface area contributed by atoms with Crippen LogP contribution in [0.15, 0.2) is 12.3 Å². The zero-order valence-corrected chi connectivity index (χ0v) is 12.7. The molecule has 0 radical (unpaired) electrons. The summed E-state index contributed by atoms with van der Waals surface area (Å²) in [6.45, 7) is 4.38. The Labute approximate surface area is 122 Å². The molecular weight excluding hydrogens is 272 g/mol. The number of rotatable bonds is 6. The summed E-state index contributed by atoms with van der Waals surface area (Å²) in [5.41, 5.74) is 1.64. The van der Waals surface area contributed by atoms with Crippen molar-refractivity contribution < 1.29 is 4.92 Å². The third-order valence-electron chi connectivity index (χ3n) is 3.37. The van der Waals surface area contributed by atoms with Gasteiger partial charge in [-0.25, -0.2) is 4.68 Å². The summed E-state index contributed by atoms with van der Waals surface area (Å²) in [5, 5.41) is 22.8. The van der Waals surface area contributed by atoms with Crippen LogP contribution < -0.4 is 5.32 Å². The highest BCUT2D eigenvalue weighted by Crippen LogP contribution is 2.32. The van der Waals surface area contributed by atoms with Gasteiger partial charge >= 0.3 is 5.69 Å². The number of hydrogen-bond acceptors (Lipinski definition) is 5. The van der Waals surface area contributed by atoms with Crippen molar-refractivity contribution in [1.29, 1.82) is 0 Å². The summed E-state index contributed by atoms with van der Waals surface area (Å²) >= 11 is 0. The lowest BCUT2D eigenvalue weighted by Crippen LogP contribution is -2.11. The zero-order valence-electron chi connectivity index (χ0n) is 12.7. The molecule has 0 amide bonds. The van der Waals surface area contributed by atoms with Crippen LogP contribution in [0.2, 0.25) is 0 Å². The molecule has 0 aliphatic carbocycles. The molecule has 8 nitrogen and oxygen atoms in total. The van der Waals surface area contributed by atoms with Crippen LogP contribution in [0.4, 0.5) is 11.5 Å². The molecule has 0 unspecified atom stereocenters. The monoisotopic (exact) mass is 292 g/mol. The van der Waals surface area contributed by atoms with E-state index in [1.54, 1.807) is 17.9 Å². The van der Waals surface area contributed by atoms with Gasteiger partial charge in [-0.2, -0.15) is 10.2 Å². The van der Waals surface area contributed by atoms with Gasteiger partial charge in [-0.1, -0.05) is 13.8 Å². The van der Waals surface area contributed by atoms with Gasteiger partial charge in [0.05, 0.1) is 4.92 Å². The van der Waals surface area contributed by atoms with Crippen molar-refractivity contribution in [3.05, 3.63) is 33.8 Å². The average Bonchev–Trinajstić information content (AvgIpc) is 2.95. The number of hydrogen-bond donors (Lipinski definition) is 1. The Morgan fingerprint density at radius 1 is 1.38 bits per heavy atom. The number of aromatic nitrogens is 4. The van der Waals surface area contributed by atoms with Gasteiger partial charge in [0, 0.05) is 44.9 Å². The van der Waals surface area contributed by atoms with Gasteiger partial charge in [0.15, 0.2) is 0 Å². The number of anilines is 1. The predicted octanol–water partition coefficient (Wildman–Crippen LogP) is 1.84. The van der Waals surface area contributed by atoms with Crippen molar-refractivity contribution in [2.75, 3.05) is 11.9 Å². The van der Waals surface area contributed by atoms with E-state index in [9.17, 15) is 10.1 Å². The molecule has 1 N–H and O–H groups in total. The lowest BCUT2D eigenvalue weighted by Gasteiger charge is -2.06. The van der Waals surface area contributed by atoms with Crippen molar-refractivity contribution in [2.45, 2.75) is 26.2 Å². The highest BCUT2D eigenvalue weighted by molar-refractivity contribution is 5.60. The van der Waals surface area contributed by atoms with Crippen LogP contribution in [0.25, 0.3) is 0 Å². The number of nitrogens with zero attached hydrogens (tertiary/aromatic N) is 5. The van der Waals surface area contributed by atoms with Crippen molar-refractivity contribution in [2.24, 2.45) is 14.1 Å². The third kappa shape index (κ3) is 3.04. The molecule has 2 aromatic rings. The summed E-state index contributed by atoms with van der Waals surface area (Å²) in [5.74, 6) is 0.454. The molecule has 0 spiro atoms. The number of nitro groups is 1. The van der Waals surface area contributed by atoms with Crippen molar-refractivity contribution in [3.8, 4) is 0 Å². The molecular formula is C13H20N6O2. The van der Waals surface area contributed by atoms with Crippen molar-refractivity contribution in [3.63, 3.8) is 0 Å². The highest BCUT2D eigenvalue weighted by Gasteiger charge is 2.28. The summed E-state index contributed by atoms with van der Waals surface area (Å²) in [4.78, 5) is 10.9. The Balaban J connectivity index is 2.16. The standard InChI is InChI=1S/C13H20N6O2/c1-9(2)11-12(19(20)21)13(18(4)16-11)14-7-5-10-6-8-15-17(10)3/h6,8-9,14H,5,7H2,1-4H3. The van der Waals surface area contributed by atoms with Gasteiger partial charge in [0.2, 0.25) is 5.82 Å². The van der Waals surface area contributed by atoms with Gasteiger partial charge in [-0.05, 0) is 6.07 Å². The molecule has 0 atom stereocenters. The molecule has 0 saturated carbocycles. The minimum absolute atomic E-state index is 0.00391. The summed E-state index contributed by atoms with van der Waals surface area (Å²) in [6, 6.07) is 1.93. The molecule has 21 heavy (non-hydrogen) atoms. The molecule has 0 aromatic carbocycles. The second kappa shape index (κ2) is 5.94. The molecule has 114 valence electrons. The van der Waals surface area contributed by atoms with E-state index < -0.39 is 0 Å². The van der Waals surface area contributed by atoms with Crippen LogP contribution >= 0.6 is 0 Å². The van der Waals surface area contributed by atoms with E-state index in [2.05, 4.69) is 15.5 Å². The first-order valence-corrected chi connectivity index (χ1v) is 6.83. The molecule has 0 aliphatic rings. The lowest BCUT2D eigenvalue weighted by molar-refractivity contribution is -0.384. The Kier molecular flexibility index (Phi) is 4.25. The van der Waals surface area contributed by atoms with Crippen LogP contribution in [0, 0.1) is 10.1 Å². The highest BCUT2D eigenvalue weighted by atomic mass is 16.6.